The van der Waals surface area contributed by atoms with Crippen molar-refractivity contribution in [1.82, 2.24) is 4.98 Å². The molecule has 0 saturated heterocycles. The van der Waals surface area contributed by atoms with Crippen LogP contribution in [0.15, 0.2) is 42.5 Å². The van der Waals surface area contributed by atoms with Crippen molar-refractivity contribution in [3.63, 3.8) is 0 Å². The first-order valence-corrected chi connectivity index (χ1v) is 8.10. The Kier molecular flexibility index (Phi) is 5.91. The van der Waals surface area contributed by atoms with Gasteiger partial charge in [0.1, 0.15) is 12.1 Å². The largest absolute Gasteiger partial charge is 0.494 e. The SMILES string of the molecule is CCCCCC[n+]1c2ccccc2nc2c(OC)cccc21.[CH3-]. The topological polar surface area (TPSA) is 26.0 Å². The Morgan fingerprint density at radius 3 is 2.52 bits per heavy atom. The Morgan fingerprint density at radius 1 is 0.957 bits per heavy atom. The van der Waals surface area contributed by atoms with Crippen molar-refractivity contribution in [3.05, 3.63) is 49.9 Å². The van der Waals surface area contributed by atoms with Crippen LogP contribution in [0, 0.1) is 7.43 Å². The van der Waals surface area contributed by atoms with Gasteiger partial charge in [-0.1, -0.05) is 38.0 Å². The summed E-state index contributed by atoms with van der Waals surface area (Å²) >= 11 is 0. The molecule has 23 heavy (non-hydrogen) atoms. The third-order valence-electron chi connectivity index (χ3n) is 4.13. The van der Waals surface area contributed by atoms with E-state index in [9.17, 15) is 0 Å². The Hall–Kier alpha value is -2.16. The molecular weight excluding hydrogens is 284 g/mol. The highest BCUT2D eigenvalue weighted by Gasteiger charge is 2.18. The van der Waals surface area contributed by atoms with Crippen LogP contribution in [0.1, 0.15) is 32.6 Å². The minimum atomic E-state index is 0. The summed E-state index contributed by atoms with van der Waals surface area (Å²) in [7, 11) is 1.71. The van der Waals surface area contributed by atoms with E-state index in [-0.39, 0.29) is 7.43 Å². The lowest BCUT2D eigenvalue weighted by atomic mass is 10.2. The van der Waals surface area contributed by atoms with Gasteiger partial charge in [0.2, 0.25) is 11.0 Å². The first-order valence-electron chi connectivity index (χ1n) is 8.10. The lowest BCUT2D eigenvalue weighted by Crippen LogP contribution is -2.36. The van der Waals surface area contributed by atoms with Crippen molar-refractivity contribution in [3.8, 4) is 5.75 Å². The molecule has 3 nitrogen and oxygen atoms in total. The highest BCUT2D eigenvalue weighted by atomic mass is 16.5. The molecule has 3 rings (SSSR count). The number of fused-ring (bicyclic) bond motifs is 2. The van der Waals surface area contributed by atoms with E-state index in [1.807, 2.05) is 18.2 Å². The molecule has 0 aliphatic carbocycles. The van der Waals surface area contributed by atoms with E-state index in [0.717, 1.165) is 28.8 Å². The number of hydrogen-bond donors (Lipinski definition) is 0. The molecule has 0 atom stereocenters. The van der Waals surface area contributed by atoms with Crippen molar-refractivity contribution in [2.24, 2.45) is 0 Å². The smallest absolute Gasteiger partial charge is 0.235 e. The molecule has 2 aromatic carbocycles. The van der Waals surface area contributed by atoms with Gasteiger partial charge in [-0.2, -0.15) is 4.57 Å². The summed E-state index contributed by atoms with van der Waals surface area (Å²) in [4.78, 5) is 4.81. The molecule has 3 aromatic rings. The summed E-state index contributed by atoms with van der Waals surface area (Å²) in [6.07, 6.45) is 5.02. The Bertz CT molecular complexity index is 783. The number of aryl methyl sites for hydroxylation is 1. The summed E-state index contributed by atoms with van der Waals surface area (Å²) in [6, 6.07) is 14.5. The van der Waals surface area contributed by atoms with Crippen LogP contribution in [-0.4, -0.2) is 12.1 Å². The van der Waals surface area contributed by atoms with Gasteiger partial charge in [-0.05, 0) is 18.6 Å². The number of hydrogen-bond acceptors (Lipinski definition) is 2. The van der Waals surface area contributed by atoms with Crippen molar-refractivity contribution in [2.45, 2.75) is 39.2 Å². The number of aromatic nitrogens is 2. The number of ether oxygens (including phenoxy) is 1. The first kappa shape index (κ1) is 17.2. The van der Waals surface area contributed by atoms with Crippen LogP contribution in [0.4, 0.5) is 0 Å². The predicted octanol–water partition coefficient (Wildman–Crippen LogP) is 4.71. The molecule has 0 amide bonds. The fourth-order valence-corrected chi connectivity index (χ4v) is 2.98. The summed E-state index contributed by atoms with van der Waals surface area (Å²) in [5.41, 5.74) is 4.31. The van der Waals surface area contributed by atoms with E-state index in [1.54, 1.807) is 7.11 Å². The molecule has 0 unspecified atom stereocenters. The Labute approximate surface area is 138 Å². The second-order valence-corrected chi connectivity index (χ2v) is 5.64. The van der Waals surface area contributed by atoms with Gasteiger partial charge in [0.05, 0.1) is 7.11 Å². The van der Waals surface area contributed by atoms with Crippen LogP contribution in [-0.2, 0) is 6.54 Å². The molecule has 0 aliphatic rings. The normalized spacial score (nSPS) is 10.7. The van der Waals surface area contributed by atoms with Gasteiger partial charge in [-0.15, -0.1) is 0 Å². The minimum absolute atomic E-state index is 0. The number of rotatable bonds is 6. The summed E-state index contributed by atoms with van der Waals surface area (Å²) < 4.78 is 7.88. The van der Waals surface area contributed by atoms with Gasteiger partial charge in [-0.25, -0.2) is 4.98 Å². The first-order chi connectivity index (χ1) is 10.8. The third-order valence-corrected chi connectivity index (χ3v) is 4.13. The molecule has 0 spiro atoms. The molecule has 122 valence electrons. The number of methoxy groups -OCH3 is 1. The van der Waals surface area contributed by atoms with Crippen LogP contribution >= 0.6 is 0 Å². The van der Waals surface area contributed by atoms with Gasteiger partial charge in [-0.3, -0.25) is 0 Å². The van der Waals surface area contributed by atoms with Gasteiger partial charge in [0.25, 0.3) is 0 Å². The highest BCUT2D eigenvalue weighted by molar-refractivity contribution is 5.85. The van der Waals surface area contributed by atoms with E-state index in [1.165, 1.54) is 31.2 Å². The van der Waals surface area contributed by atoms with Crippen LogP contribution in [0.2, 0.25) is 0 Å². The van der Waals surface area contributed by atoms with E-state index in [2.05, 4.69) is 35.8 Å². The van der Waals surface area contributed by atoms with Gasteiger partial charge < -0.3 is 12.2 Å². The zero-order valence-corrected chi connectivity index (χ0v) is 14.4. The van der Waals surface area contributed by atoms with Crippen LogP contribution in [0.25, 0.3) is 22.1 Å². The maximum atomic E-state index is 5.50. The molecule has 1 aromatic heterocycles. The molecule has 3 heteroatoms. The van der Waals surface area contributed by atoms with E-state index >= 15 is 0 Å². The zero-order chi connectivity index (χ0) is 15.4. The monoisotopic (exact) mass is 310 g/mol. The third kappa shape index (κ3) is 3.44. The van der Waals surface area contributed by atoms with Crippen molar-refractivity contribution in [1.29, 1.82) is 0 Å². The number of para-hydroxylation sites is 3. The molecule has 0 saturated carbocycles. The fourth-order valence-electron chi connectivity index (χ4n) is 2.98. The quantitative estimate of drug-likeness (QED) is 0.285. The van der Waals surface area contributed by atoms with Crippen molar-refractivity contribution >= 4 is 22.1 Å². The van der Waals surface area contributed by atoms with E-state index < -0.39 is 0 Å². The molecule has 0 fully saturated rings. The number of unbranched alkanes of at least 4 members (excludes halogenated alkanes) is 3. The Balaban J connectivity index is 0.00000192. The second-order valence-electron chi connectivity index (χ2n) is 5.64. The van der Waals surface area contributed by atoms with Gasteiger partial charge in [0.15, 0.2) is 11.3 Å². The summed E-state index contributed by atoms with van der Waals surface area (Å²) in [5.74, 6) is 0.838. The lowest BCUT2D eigenvalue weighted by Gasteiger charge is -2.08. The molecule has 0 N–H and O–H groups in total. The highest BCUT2D eigenvalue weighted by Crippen LogP contribution is 2.23. The predicted molar refractivity (Wildman–Crippen MR) is 96.6 cm³/mol. The van der Waals surface area contributed by atoms with Crippen molar-refractivity contribution < 1.29 is 9.30 Å². The van der Waals surface area contributed by atoms with Gasteiger partial charge in [0, 0.05) is 18.6 Å². The van der Waals surface area contributed by atoms with Gasteiger partial charge >= 0.3 is 0 Å². The Morgan fingerprint density at radius 2 is 1.74 bits per heavy atom. The molecular formula is C20H26N2O. The van der Waals surface area contributed by atoms with E-state index in [4.69, 9.17) is 9.72 Å². The number of nitrogens with zero attached hydrogens (tertiary/aromatic N) is 2. The molecule has 0 radical (unpaired) electrons. The molecule has 1 heterocycles. The second kappa shape index (κ2) is 7.91. The summed E-state index contributed by atoms with van der Waals surface area (Å²) in [6.45, 7) is 3.27. The lowest BCUT2D eigenvalue weighted by molar-refractivity contribution is -0.646. The van der Waals surface area contributed by atoms with E-state index in [0.29, 0.717) is 0 Å². The zero-order valence-electron chi connectivity index (χ0n) is 14.4. The number of benzene rings is 2. The van der Waals surface area contributed by atoms with Crippen LogP contribution in [0.3, 0.4) is 0 Å². The maximum Gasteiger partial charge on any atom is 0.235 e. The van der Waals surface area contributed by atoms with Crippen LogP contribution in [0.5, 0.6) is 5.75 Å². The maximum absolute atomic E-state index is 5.50. The van der Waals surface area contributed by atoms with Crippen molar-refractivity contribution in [2.75, 3.05) is 7.11 Å². The minimum Gasteiger partial charge on any atom is -0.494 e. The summed E-state index contributed by atoms with van der Waals surface area (Å²) in [5, 5.41) is 0. The molecule has 0 aliphatic heterocycles. The molecule has 0 bridgehead atoms. The fraction of sp³-hybridized carbons (Fsp3) is 0.350. The average Bonchev–Trinajstić information content (AvgIpc) is 2.57. The standard InChI is InChI=1S/C19H23N2O.CH3/c1-3-4-5-8-14-21-16-11-7-6-10-15(16)20-19-17(21)12-9-13-18(19)22-2;/h6-7,9-13H,3-5,8,14H2,1-2H3;1H3/q+1;-1. The van der Waals surface area contributed by atoms with Crippen LogP contribution < -0.4 is 9.30 Å². The average molecular weight is 310 g/mol.